The minimum Gasteiger partial charge on any atom is -0.508 e. The molecule has 3 aromatic heterocycles. The monoisotopic (exact) mass is 827 g/mol. The Morgan fingerprint density at radius 1 is 0.966 bits per heavy atom. The summed E-state index contributed by atoms with van der Waals surface area (Å²) in [5.74, 6) is 0.693. The minimum atomic E-state index is -3.89. The van der Waals surface area contributed by atoms with E-state index in [1.807, 2.05) is 36.1 Å². The molecule has 0 saturated carbocycles. The van der Waals surface area contributed by atoms with Gasteiger partial charge in [0.05, 0.1) is 17.8 Å². The van der Waals surface area contributed by atoms with Crippen molar-refractivity contribution in [1.82, 2.24) is 45.0 Å². The number of tetrazole rings is 1. The highest BCUT2D eigenvalue weighted by atomic mass is 32.2. The predicted molar refractivity (Wildman–Crippen MR) is 211 cm³/mol. The van der Waals surface area contributed by atoms with Gasteiger partial charge in [-0.05, 0) is 78.2 Å². The van der Waals surface area contributed by atoms with Gasteiger partial charge in [0, 0.05) is 37.3 Å². The Hall–Kier alpha value is -6.46. The number of carbonyl (C=O) groups excluding carboxylic acids is 1. The number of rotatable bonds is 12. The molecule has 0 spiro atoms. The highest BCUT2D eigenvalue weighted by Gasteiger charge is 2.47. The van der Waals surface area contributed by atoms with E-state index in [4.69, 9.17) is 19.8 Å². The quantitative estimate of drug-likeness (QED) is 0.0868. The molecule has 3 aromatic carbocycles. The van der Waals surface area contributed by atoms with Crippen LogP contribution in [0.4, 0.5) is 22.2 Å². The molecule has 2 amide bonds. The molecule has 0 unspecified atom stereocenters. The van der Waals surface area contributed by atoms with E-state index in [0.717, 1.165) is 11.1 Å². The number of nitrogens with two attached hydrogens (primary N) is 1. The largest absolute Gasteiger partial charge is 0.508 e. The average Bonchev–Trinajstić information content (AvgIpc) is 4.03. The molecule has 2 aliphatic rings. The Morgan fingerprint density at radius 2 is 1.64 bits per heavy atom. The van der Waals surface area contributed by atoms with Gasteiger partial charge in [-0.3, -0.25) is 4.57 Å². The number of sulfonamides is 1. The van der Waals surface area contributed by atoms with Crippen molar-refractivity contribution in [1.29, 1.82) is 0 Å². The number of aliphatic hydroxyl groups excluding tert-OH is 2. The standard InChI is InChI=1S/C37H41N13O8S/c1-2-50-46-33(45-47-50)31-29(53)30(54)35(58-31)49-19-40-28-32(39-17-27(20-3-9-24(51)10-4-20)21-5-11-25(52)12-6-21)43-36(44-34(28)49)48-16-15-23(18-48)42-37(55)41-22-7-13-26(14-8-22)59(38,56)57/h3-14,19,23,27,29-31,35,51-54H,2,15-18H2,1H3,(H2,38,56,57)(H,39,43,44)(H2,41,42,55)/t23-,29+,30+,31+,35-/m1/s1. The van der Waals surface area contributed by atoms with Crippen LogP contribution in [0.25, 0.3) is 11.2 Å². The van der Waals surface area contributed by atoms with Crippen molar-refractivity contribution >= 4 is 44.7 Å². The molecule has 2 aliphatic heterocycles. The SMILES string of the molecule is CCn1nnc([C@H]2O[C@@H](n3cnc4c(NCC(c5ccc(O)cc5)c5ccc(O)cc5)nc(N5CC[C@@H](NC(=O)Nc6ccc(S(N)(=O)=O)cc6)C5)nc43)[C@@H](O)[C@@H]2O)n1. The molecule has 2 fully saturated rings. The molecule has 8 rings (SSSR count). The highest BCUT2D eigenvalue weighted by molar-refractivity contribution is 7.89. The van der Waals surface area contributed by atoms with Crippen LogP contribution in [0, 0.1) is 0 Å². The Bertz CT molecular complexity index is 2510. The number of aliphatic hydroxyl groups is 2. The number of nitrogens with one attached hydrogen (secondary N) is 3. The minimum absolute atomic E-state index is 0.0821. The molecule has 0 aliphatic carbocycles. The first-order chi connectivity index (χ1) is 28.3. The van der Waals surface area contributed by atoms with Crippen molar-refractivity contribution in [2.24, 2.45) is 5.14 Å². The van der Waals surface area contributed by atoms with Gasteiger partial charge in [-0.15, -0.1) is 10.2 Å². The number of nitrogens with zero attached hydrogens (tertiary/aromatic N) is 9. The molecule has 21 nitrogen and oxygen atoms in total. The van der Waals surface area contributed by atoms with Crippen LogP contribution in [-0.4, -0.2) is 112 Å². The van der Waals surface area contributed by atoms with E-state index in [2.05, 4.69) is 36.3 Å². The number of ether oxygens (including phenoxy) is 1. The fourth-order valence-electron chi connectivity index (χ4n) is 7.14. The normalized spacial score (nSPS) is 20.7. The lowest BCUT2D eigenvalue weighted by Gasteiger charge is -2.22. The maximum absolute atomic E-state index is 13.0. The number of aryl methyl sites for hydroxylation is 1. The fraction of sp³-hybridized carbons (Fsp3) is 0.324. The summed E-state index contributed by atoms with van der Waals surface area (Å²) in [6.07, 6.45) is -3.09. The molecule has 308 valence electrons. The molecule has 0 radical (unpaired) electrons. The number of amides is 2. The summed E-state index contributed by atoms with van der Waals surface area (Å²) >= 11 is 0. The predicted octanol–water partition coefficient (Wildman–Crippen LogP) is 1.53. The second-order valence-electron chi connectivity index (χ2n) is 14.2. The topological polar surface area (TPSA) is 294 Å². The van der Waals surface area contributed by atoms with E-state index in [-0.39, 0.29) is 45.8 Å². The molecule has 2 saturated heterocycles. The summed E-state index contributed by atoms with van der Waals surface area (Å²) in [5, 5.41) is 68.9. The van der Waals surface area contributed by atoms with Crippen LogP contribution in [-0.2, 0) is 21.3 Å². The molecule has 59 heavy (non-hydrogen) atoms. The van der Waals surface area contributed by atoms with E-state index in [1.54, 1.807) is 24.3 Å². The smallest absolute Gasteiger partial charge is 0.319 e. The number of fused-ring (bicyclic) bond motifs is 1. The summed E-state index contributed by atoms with van der Waals surface area (Å²) in [6.45, 7) is 3.35. The van der Waals surface area contributed by atoms with Crippen molar-refractivity contribution in [3.8, 4) is 11.5 Å². The number of anilines is 3. The number of aromatic hydroxyl groups is 2. The fourth-order valence-corrected chi connectivity index (χ4v) is 7.66. The molecular weight excluding hydrogens is 787 g/mol. The van der Waals surface area contributed by atoms with Crippen LogP contribution in [0.3, 0.4) is 0 Å². The summed E-state index contributed by atoms with van der Waals surface area (Å²) in [5.41, 5.74) is 2.74. The third kappa shape index (κ3) is 8.29. The number of benzene rings is 3. The summed E-state index contributed by atoms with van der Waals surface area (Å²) in [4.78, 5) is 30.5. The first-order valence-corrected chi connectivity index (χ1v) is 20.2. The summed E-state index contributed by atoms with van der Waals surface area (Å²) < 4.78 is 30.9. The third-order valence-corrected chi connectivity index (χ3v) is 11.2. The lowest BCUT2D eigenvalue weighted by Crippen LogP contribution is -2.40. The zero-order valence-corrected chi connectivity index (χ0v) is 32.3. The molecule has 5 heterocycles. The number of aromatic nitrogens is 8. The highest BCUT2D eigenvalue weighted by Crippen LogP contribution is 2.39. The number of carbonyl (C=O) groups is 1. The average molecular weight is 828 g/mol. The van der Waals surface area contributed by atoms with Gasteiger partial charge in [0.1, 0.15) is 23.7 Å². The van der Waals surface area contributed by atoms with E-state index in [0.29, 0.717) is 49.6 Å². The molecule has 0 bridgehead atoms. The van der Waals surface area contributed by atoms with Crippen LogP contribution in [0.5, 0.6) is 11.5 Å². The number of primary sulfonamides is 1. The number of urea groups is 1. The van der Waals surface area contributed by atoms with Crippen molar-refractivity contribution < 1.29 is 38.4 Å². The van der Waals surface area contributed by atoms with Crippen molar-refractivity contribution in [3.63, 3.8) is 0 Å². The lowest BCUT2D eigenvalue weighted by molar-refractivity contribution is -0.0384. The van der Waals surface area contributed by atoms with Crippen LogP contribution >= 0.6 is 0 Å². The van der Waals surface area contributed by atoms with Crippen LogP contribution < -0.4 is 26.0 Å². The van der Waals surface area contributed by atoms with Gasteiger partial charge in [0.15, 0.2) is 29.3 Å². The van der Waals surface area contributed by atoms with Gasteiger partial charge in [-0.25, -0.2) is 23.3 Å². The Kier molecular flexibility index (Phi) is 10.7. The number of phenols is 2. The lowest BCUT2D eigenvalue weighted by atomic mass is 9.91. The van der Waals surface area contributed by atoms with Crippen molar-refractivity contribution in [2.45, 2.75) is 61.3 Å². The summed E-state index contributed by atoms with van der Waals surface area (Å²) in [7, 11) is -3.89. The zero-order chi connectivity index (χ0) is 41.4. The molecule has 5 atom stereocenters. The molecular formula is C37H41N13O8S. The molecule has 6 aromatic rings. The number of imidazole rings is 1. The van der Waals surface area contributed by atoms with Crippen LogP contribution in [0.1, 0.15) is 48.5 Å². The van der Waals surface area contributed by atoms with Gasteiger partial charge >= 0.3 is 6.03 Å². The van der Waals surface area contributed by atoms with Gasteiger partial charge in [0.2, 0.25) is 21.8 Å². The third-order valence-electron chi connectivity index (χ3n) is 10.2. The van der Waals surface area contributed by atoms with E-state index < -0.39 is 40.6 Å². The Morgan fingerprint density at radius 3 is 2.27 bits per heavy atom. The number of phenolic OH excluding ortho intramolecular Hbond substituents is 2. The van der Waals surface area contributed by atoms with Crippen LogP contribution in [0.2, 0.25) is 0 Å². The van der Waals surface area contributed by atoms with E-state index in [1.165, 1.54) is 40.0 Å². The second-order valence-corrected chi connectivity index (χ2v) is 15.7. The number of hydrogen-bond donors (Lipinski definition) is 8. The van der Waals surface area contributed by atoms with Crippen molar-refractivity contribution in [3.05, 3.63) is 96.1 Å². The van der Waals surface area contributed by atoms with Gasteiger partial charge in [-0.1, -0.05) is 24.3 Å². The second kappa shape index (κ2) is 16.1. The zero-order valence-electron chi connectivity index (χ0n) is 31.4. The van der Waals surface area contributed by atoms with E-state index in [9.17, 15) is 33.6 Å². The number of hydrogen-bond acceptors (Lipinski definition) is 16. The summed E-state index contributed by atoms with van der Waals surface area (Å²) in [6, 6.07) is 18.3. The molecule has 9 N–H and O–H groups in total. The Balaban J connectivity index is 1.08. The molecule has 22 heteroatoms. The maximum atomic E-state index is 13.0. The maximum Gasteiger partial charge on any atom is 0.319 e. The Labute approximate surface area is 336 Å². The van der Waals surface area contributed by atoms with E-state index >= 15 is 0 Å². The first-order valence-electron chi connectivity index (χ1n) is 18.7. The van der Waals surface area contributed by atoms with Crippen LogP contribution in [0.15, 0.2) is 84.0 Å². The van der Waals surface area contributed by atoms with Gasteiger partial charge in [-0.2, -0.15) is 14.8 Å². The van der Waals surface area contributed by atoms with Gasteiger partial charge < -0.3 is 46.0 Å². The van der Waals surface area contributed by atoms with Gasteiger partial charge in [0.25, 0.3) is 0 Å². The first kappa shape index (κ1) is 39.4. The van der Waals surface area contributed by atoms with Crippen molar-refractivity contribution in [2.75, 3.05) is 35.2 Å².